The fourth-order valence-electron chi connectivity index (χ4n) is 3.04. The Kier molecular flexibility index (Phi) is 6.07. The van der Waals surface area contributed by atoms with Gasteiger partial charge in [-0.2, -0.15) is 5.10 Å². The third-order valence-corrected chi connectivity index (χ3v) is 4.64. The Morgan fingerprint density at radius 2 is 1.79 bits per heavy atom. The van der Waals surface area contributed by atoms with E-state index in [1.165, 1.54) is 13.2 Å². The van der Waals surface area contributed by atoms with Crippen molar-refractivity contribution < 1.29 is 14.3 Å². The maximum Gasteiger partial charge on any atom is 0.328 e. The Morgan fingerprint density at radius 3 is 2.48 bits per heavy atom. The molecule has 1 N–H and O–H groups in total. The molecular weight excluding hydrogens is 370 g/mol. The monoisotopic (exact) mass is 393 g/mol. The normalized spacial score (nSPS) is 12.0. The van der Waals surface area contributed by atoms with Crippen LogP contribution in [0.3, 0.4) is 0 Å². The van der Waals surface area contributed by atoms with Crippen LogP contribution in [0.5, 0.6) is 0 Å². The van der Waals surface area contributed by atoms with Crippen LogP contribution >= 0.6 is 0 Å². The van der Waals surface area contributed by atoms with Crippen molar-refractivity contribution in [3.05, 3.63) is 65.0 Å². The van der Waals surface area contributed by atoms with E-state index in [2.05, 4.69) is 10.4 Å². The number of carbonyl (C=O) groups excluding carboxylic acids is 2. The third-order valence-electron chi connectivity index (χ3n) is 4.64. The molecule has 0 saturated heterocycles. The van der Waals surface area contributed by atoms with Crippen molar-refractivity contribution in [2.24, 2.45) is 5.92 Å². The van der Waals surface area contributed by atoms with Gasteiger partial charge in [0.1, 0.15) is 12.6 Å². The second kappa shape index (κ2) is 8.68. The highest BCUT2D eigenvalue weighted by molar-refractivity contribution is 5.87. The summed E-state index contributed by atoms with van der Waals surface area (Å²) in [5.41, 5.74) is 1.02. The zero-order valence-corrected chi connectivity index (χ0v) is 16.6. The van der Waals surface area contributed by atoms with E-state index in [4.69, 9.17) is 4.74 Å². The molecule has 29 heavy (non-hydrogen) atoms. The van der Waals surface area contributed by atoms with Crippen LogP contribution in [0, 0.1) is 5.92 Å². The van der Waals surface area contributed by atoms with E-state index in [1.807, 2.05) is 42.5 Å². The van der Waals surface area contributed by atoms with Gasteiger partial charge in [-0.15, -0.1) is 0 Å². The first-order valence-electron chi connectivity index (χ1n) is 9.33. The molecule has 0 aliphatic carbocycles. The van der Waals surface area contributed by atoms with Crippen LogP contribution < -0.4 is 10.9 Å². The number of ether oxygens (including phenoxy) is 1. The van der Waals surface area contributed by atoms with Crippen molar-refractivity contribution in [3.63, 3.8) is 0 Å². The van der Waals surface area contributed by atoms with E-state index < -0.39 is 23.5 Å². The summed E-state index contributed by atoms with van der Waals surface area (Å²) in [5.74, 6) is -1.17. The molecule has 0 aliphatic heterocycles. The van der Waals surface area contributed by atoms with Crippen molar-refractivity contribution in [1.82, 2.24) is 15.1 Å². The maximum absolute atomic E-state index is 12.4. The number of amides is 1. The summed E-state index contributed by atoms with van der Waals surface area (Å²) < 4.78 is 5.81. The summed E-state index contributed by atoms with van der Waals surface area (Å²) in [4.78, 5) is 36.4. The van der Waals surface area contributed by atoms with Crippen molar-refractivity contribution in [2.75, 3.05) is 7.11 Å². The molecule has 0 spiro atoms. The van der Waals surface area contributed by atoms with Crippen LogP contribution in [-0.2, 0) is 20.9 Å². The molecule has 3 aromatic rings. The van der Waals surface area contributed by atoms with Crippen LogP contribution in [0.1, 0.15) is 13.8 Å². The number of carbonyl (C=O) groups is 2. The lowest BCUT2D eigenvalue weighted by Gasteiger charge is -2.19. The highest BCUT2D eigenvalue weighted by Crippen LogP contribution is 2.22. The maximum atomic E-state index is 12.4. The molecule has 150 valence electrons. The van der Waals surface area contributed by atoms with E-state index in [0.717, 1.165) is 21.0 Å². The fourth-order valence-corrected chi connectivity index (χ4v) is 3.04. The summed E-state index contributed by atoms with van der Waals surface area (Å²) in [6, 6.07) is 16.1. The largest absolute Gasteiger partial charge is 0.467 e. The smallest absolute Gasteiger partial charge is 0.328 e. The number of aromatic nitrogens is 2. The van der Waals surface area contributed by atoms with Crippen LogP contribution in [0.15, 0.2) is 59.4 Å². The average Bonchev–Trinajstić information content (AvgIpc) is 2.72. The number of nitrogens with zero attached hydrogens (tertiary/aromatic N) is 2. The fraction of sp³-hybridized carbons (Fsp3) is 0.273. The minimum atomic E-state index is -0.785. The summed E-state index contributed by atoms with van der Waals surface area (Å²) in [6.45, 7) is 3.31. The molecule has 3 rings (SSSR count). The molecule has 0 bridgehead atoms. The molecule has 7 nitrogen and oxygen atoms in total. The molecular formula is C22H23N3O4. The van der Waals surface area contributed by atoms with Crippen LogP contribution in [0.2, 0.25) is 0 Å². The Labute approximate surface area is 168 Å². The second-order valence-corrected chi connectivity index (χ2v) is 7.09. The first-order valence-corrected chi connectivity index (χ1v) is 9.33. The minimum absolute atomic E-state index is 0.153. The Bertz CT molecular complexity index is 1100. The van der Waals surface area contributed by atoms with Gasteiger partial charge in [0.05, 0.1) is 12.8 Å². The molecule has 0 radical (unpaired) electrons. The molecule has 0 fully saturated rings. The number of nitrogens with one attached hydrogen (secondary N) is 1. The zero-order chi connectivity index (χ0) is 21.0. The average molecular weight is 393 g/mol. The first kappa shape index (κ1) is 20.3. The van der Waals surface area contributed by atoms with Crippen LogP contribution in [0.25, 0.3) is 22.0 Å². The Hall–Kier alpha value is -3.48. The Balaban J connectivity index is 1.84. The number of hydrogen-bond acceptors (Lipinski definition) is 5. The number of rotatable bonds is 6. The molecule has 1 amide bonds. The Morgan fingerprint density at radius 1 is 1.07 bits per heavy atom. The van der Waals surface area contributed by atoms with Gasteiger partial charge in [0.15, 0.2) is 0 Å². The van der Waals surface area contributed by atoms with E-state index in [0.29, 0.717) is 5.69 Å². The minimum Gasteiger partial charge on any atom is -0.467 e. The SMILES string of the molecule is COC(=O)[C@H](NC(=O)Cn1nc(-c2ccc3ccccc3c2)ccc1=O)C(C)C. The van der Waals surface area contributed by atoms with Crippen LogP contribution in [0.4, 0.5) is 0 Å². The van der Waals surface area contributed by atoms with Gasteiger partial charge in [-0.25, -0.2) is 9.48 Å². The predicted molar refractivity (Wildman–Crippen MR) is 110 cm³/mol. The zero-order valence-electron chi connectivity index (χ0n) is 16.6. The van der Waals surface area contributed by atoms with Crippen molar-refractivity contribution in [1.29, 1.82) is 0 Å². The van der Waals surface area contributed by atoms with Crippen molar-refractivity contribution in [3.8, 4) is 11.3 Å². The number of esters is 1. The van der Waals surface area contributed by atoms with Gasteiger partial charge in [-0.05, 0) is 28.8 Å². The topological polar surface area (TPSA) is 90.3 Å². The van der Waals surface area contributed by atoms with Gasteiger partial charge < -0.3 is 10.1 Å². The molecule has 1 aromatic heterocycles. The molecule has 2 aromatic carbocycles. The molecule has 1 heterocycles. The van der Waals surface area contributed by atoms with E-state index >= 15 is 0 Å². The van der Waals surface area contributed by atoms with E-state index in [9.17, 15) is 14.4 Å². The van der Waals surface area contributed by atoms with Gasteiger partial charge in [0, 0.05) is 11.6 Å². The van der Waals surface area contributed by atoms with Gasteiger partial charge in [0.25, 0.3) is 5.56 Å². The molecule has 7 heteroatoms. The third kappa shape index (κ3) is 4.68. The van der Waals surface area contributed by atoms with Gasteiger partial charge in [-0.1, -0.05) is 50.2 Å². The lowest BCUT2D eigenvalue weighted by molar-refractivity contribution is -0.146. The number of benzene rings is 2. The van der Waals surface area contributed by atoms with E-state index in [-0.39, 0.29) is 12.5 Å². The molecule has 1 atom stereocenters. The molecule has 0 saturated carbocycles. The van der Waals surface area contributed by atoms with Gasteiger partial charge >= 0.3 is 5.97 Å². The quantitative estimate of drug-likeness (QED) is 0.650. The van der Waals surface area contributed by atoms with Gasteiger partial charge in [0.2, 0.25) is 5.91 Å². The number of fused-ring (bicyclic) bond motifs is 1. The van der Waals surface area contributed by atoms with Crippen molar-refractivity contribution in [2.45, 2.75) is 26.4 Å². The van der Waals surface area contributed by atoms with E-state index in [1.54, 1.807) is 19.9 Å². The van der Waals surface area contributed by atoms with Gasteiger partial charge in [-0.3, -0.25) is 9.59 Å². The highest BCUT2D eigenvalue weighted by Gasteiger charge is 2.25. The molecule has 0 aliphatic rings. The van der Waals surface area contributed by atoms with Crippen LogP contribution in [-0.4, -0.2) is 34.8 Å². The summed E-state index contributed by atoms with van der Waals surface area (Å²) in [5, 5.41) is 9.11. The number of methoxy groups -OCH3 is 1. The molecule has 0 unspecified atom stereocenters. The first-order chi connectivity index (χ1) is 13.9. The number of hydrogen-bond donors (Lipinski definition) is 1. The summed E-state index contributed by atoms with van der Waals surface area (Å²) >= 11 is 0. The predicted octanol–water partition coefficient (Wildman–Crippen LogP) is 2.38. The second-order valence-electron chi connectivity index (χ2n) is 7.09. The lowest BCUT2D eigenvalue weighted by atomic mass is 10.0. The summed E-state index contributed by atoms with van der Waals surface area (Å²) in [7, 11) is 1.27. The standard InChI is InChI=1S/C22H23N3O4/c1-14(2)21(22(28)29-3)23-19(26)13-25-20(27)11-10-18(24-25)17-9-8-15-6-4-5-7-16(15)12-17/h4-12,14,21H,13H2,1-3H3,(H,23,26)/t21-/m1/s1. The lowest BCUT2D eigenvalue weighted by Crippen LogP contribution is -2.47. The highest BCUT2D eigenvalue weighted by atomic mass is 16.5. The van der Waals surface area contributed by atoms with Crippen molar-refractivity contribution >= 4 is 22.6 Å². The summed E-state index contributed by atoms with van der Waals surface area (Å²) in [6.07, 6.45) is 0.